The average molecular weight is 402 g/mol. The second-order valence-corrected chi connectivity index (χ2v) is 6.30. The number of carbonyl (C=O) groups excluding carboxylic acids is 4. The number of carbonyl (C=O) groups is 5. The molecule has 0 aliphatic carbocycles. The largest absolute Gasteiger partial charge is 0.480 e. The zero-order chi connectivity index (χ0) is 21.7. The van der Waals surface area contributed by atoms with E-state index in [1.54, 1.807) is 0 Å². The van der Waals surface area contributed by atoms with Gasteiger partial charge in [-0.3, -0.25) is 24.0 Å². The molecule has 0 radical (unpaired) electrons. The monoisotopic (exact) mass is 402 g/mol. The molecule has 12 heteroatoms. The number of hydrogen-bond donors (Lipinski definition) is 7. The molecule has 0 saturated heterocycles. The molecule has 0 aromatic rings. The summed E-state index contributed by atoms with van der Waals surface area (Å²) in [7, 11) is 0. The summed E-state index contributed by atoms with van der Waals surface area (Å²) in [6, 6.07) is -3.08. The maximum atomic E-state index is 12.3. The molecule has 0 aromatic heterocycles. The van der Waals surface area contributed by atoms with Gasteiger partial charge < -0.3 is 38.3 Å². The van der Waals surface area contributed by atoms with Gasteiger partial charge in [-0.25, -0.2) is 0 Å². The van der Waals surface area contributed by atoms with Crippen LogP contribution in [0.15, 0.2) is 0 Å². The van der Waals surface area contributed by atoms with Gasteiger partial charge in [0.15, 0.2) is 0 Å². The number of primary amides is 1. The Bertz CT molecular complexity index is 570. The third-order valence-corrected chi connectivity index (χ3v) is 3.79. The normalized spacial score (nSPS) is 13.7. The van der Waals surface area contributed by atoms with Gasteiger partial charge in [-0.2, -0.15) is 0 Å². The van der Waals surface area contributed by atoms with Crippen molar-refractivity contribution in [3.63, 3.8) is 0 Å². The van der Waals surface area contributed by atoms with E-state index in [4.69, 9.17) is 22.3 Å². The maximum absolute atomic E-state index is 12.3. The van der Waals surface area contributed by atoms with E-state index >= 15 is 0 Å². The van der Waals surface area contributed by atoms with Crippen molar-refractivity contribution >= 4 is 29.6 Å². The number of amides is 4. The summed E-state index contributed by atoms with van der Waals surface area (Å²) in [5.41, 5.74) is 16.1. The molecule has 0 spiro atoms. The number of hydrogen-bond acceptors (Lipinski definition) is 7. The van der Waals surface area contributed by atoms with E-state index in [1.165, 1.54) is 6.92 Å². The first-order chi connectivity index (χ1) is 13.1. The smallest absolute Gasteiger partial charge is 0.325 e. The van der Waals surface area contributed by atoms with Crippen LogP contribution in [0, 0.1) is 0 Å². The average Bonchev–Trinajstić information content (AvgIpc) is 2.62. The molecular formula is C16H30N6O6. The maximum Gasteiger partial charge on any atom is 0.325 e. The third-order valence-electron chi connectivity index (χ3n) is 3.79. The molecule has 4 amide bonds. The van der Waals surface area contributed by atoms with E-state index in [0.29, 0.717) is 19.4 Å². The van der Waals surface area contributed by atoms with Gasteiger partial charge >= 0.3 is 5.97 Å². The highest BCUT2D eigenvalue weighted by Crippen LogP contribution is 2.03. The van der Waals surface area contributed by atoms with E-state index < -0.39 is 54.3 Å². The summed E-state index contributed by atoms with van der Waals surface area (Å²) >= 11 is 0. The fraction of sp³-hybridized carbons (Fsp3) is 0.688. The van der Waals surface area contributed by atoms with Crippen LogP contribution >= 0.6 is 0 Å². The highest BCUT2D eigenvalue weighted by Gasteiger charge is 2.24. The van der Waals surface area contributed by atoms with Crippen molar-refractivity contribution in [2.45, 2.75) is 57.2 Å². The van der Waals surface area contributed by atoms with Gasteiger partial charge in [0, 0.05) is 6.42 Å². The molecule has 160 valence electrons. The number of carboxylic acids is 1. The highest BCUT2D eigenvalue weighted by molar-refractivity contribution is 5.92. The van der Waals surface area contributed by atoms with Crippen molar-refractivity contribution in [2.75, 3.05) is 13.1 Å². The Balaban J connectivity index is 4.72. The van der Waals surface area contributed by atoms with Crippen LogP contribution < -0.4 is 33.2 Å². The summed E-state index contributed by atoms with van der Waals surface area (Å²) in [5.74, 6) is -3.74. The van der Waals surface area contributed by atoms with Crippen molar-refractivity contribution in [2.24, 2.45) is 17.2 Å². The summed E-state index contributed by atoms with van der Waals surface area (Å²) < 4.78 is 0. The number of nitrogens with one attached hydrogen (secondary N) is 3. The molecule has 0 fully saturated rings. The molecule has 0 aliphatic rings. The lowest BCUT2D eigenvalue weighted by Crippen LogP contribution is -2.53. The van der Waals surface area contributed by atoms with Gasteiger partial charge in [0.05, 0.1) is 12.6 Å². The molecule has 0 saturated carbocycles. The van der Waals surface area contributed by atoms with Crippen LogP contribution in [-0.2, 0) is 24.0 Å². The first-order valence-corrected chi connectivity index (χ1v) is 8.92. The van der Waals surface area contributed by atoms with Crippen LogP contribution in [0.1, 0.15) is 39.0 Å². The second-order valence-electron chi connectivity index (χ2n) is 6.30. The summed E-state index contributed by atoms with van der Waals surface area (Å²) in [6.45, 7) is 1.24. The van der Waals surface area contributed by atoms with Crippen LogP contribution in [-0.4, -0.2) is 65.9 Å². The molecule has 0 heterocycles. The minimum Gasteiger partial charge on any atom is -0.480 e. The van der Waals surface area contributed by atoms with E-state index in [2.05, 4.69) is 16.0 Å². The first kappa shape index (κ1) is 25.3. The third kappa shape index (κ3) is 11.1. The topological polar surface area (TPSA) is 220 Å². The van der Waals surface area contributed by atoms with Crippen LogP contribution in [0.4, 0.5) is 0 Å². The van der Waals surface area contributed by atoms with E-state index in [-0.39, 0.29) is 19.3 Å². The Morgan fingerprint density at radius 3 is 2.18 bits per heavy atom. The molecule has 10 N–H and O–H groups in total. The summed E-state index contributed by atoms with van der Waals surface area (Å²) in [5, 5.41) is 15.8. The molecule has 28 heavy (non-hydrogen) atoms. The quantitative estimate of drug-likeness (QED) is 0.147. The van der Waals surface area contributed by atoms with E-state index in [1.807, 2.05) is 0 Å². The molecule has 3 atom stereocenters. The Morgan fingerprint density at radius 1 is 1.00 bits per heavy atom. The lowest BCUT2D eigenvalue weighted by atomic mass is 10.1. The Hall–Kier alpha value is -2.73. The van der Waals surface area contributed by atoms with E-state index in [9.17, 15) is 24.0 Å². The first-order valence-electron chi connectivity index (χ1n) is 8.92. The zero-order valence-electron chi connectivity index (χ0n) is 15.9. The molecular weight excluding hydrogens is 372 g/mol. The van der Waals surface area contributed by atoms with Crippen molar-refractivity contribution < 1.29 is 29.1 Å². The molecule has 0 aromatic carbocycles. The second kappa shape index (κ2) is 13.4. The Labute approximate surface area is 162 Å². The van der Waals surface area contributed by atoms with Gasteiger partial charge in [0.1, 0.15) is 12.1 Å². The number of unbranched alkanes of at least 4 members (excludes halogenated alkanes) is 1. The standard InChI is InChI=1S/C16H30N6O6/c1-9(16(27)28)21-13(24)8-20-15(26)11(4-2-3-7-17)22-14(25)10(18)5-6-12(19)23/h9-11H,2-8,17-18H2,1H3,(H2,19,23)(H,20,26)(H,21,24)(H,22,25)(H,27,28). The van der Waals surface area contributed by atoms with Gasteiger partial charge in [-0.05, 0) is 39.2 Å². The van der Waals surface area contributed by atoms with Crippen LogP contribution in [0.5, 0.6) is 0 Å². The Morgan fingerprint density at radius 2 is 1.64 bits per heavy atom. The fourth-order valence-electron chi connectivity index (χ4n) is 2.11. The minimum absolute atomic E-state index is 0.0355. The SMILES string of the molecule is CC(NC(=O)CNC(=O)C(CCCCN)NC(=O)C(N)CCC(N)=O)C(=O)O. The predicted octanol–water partition coefficient (Wildman–Crippen LogP) is -3.10. The van der Waals surface area contributed by atoms with Gasteiger partial charge in [-0.1, -0.05) is 0 Å². The molecule has 0 bridgehead atoms. The molecule has 3 unspecified atom stereocenters. The number of rotatable bonds is 14. The van der Waals surface area contributed by atoms with Crippen LogP contribution in [0.3, 0.4) is 0 Å². The van der Waals surface area contributed by atoms with Crippen molar-refractivity contribution in [1.29, 1.82) is 0 Å². The lowest BCUT2D eigenvalue weighted by molar-refractivity contribution is -0.141. The summed E-state index contributed by atoms with van der Waals surface area (Å²) in [4.78, 5) is 57.6. The fourth-order valence-corrected chi connectivity index (χ4v) is 2.11. The predicted molar refractivity (Wildman–Crippen MR) is 99.5 cm³/mol. The number of carboxylic acid groups (broad SMARTS) is 1. The minimum atomic E-state index is -1.21. The van der Waals surface area contributed by atoms with Gasteiger partial charge in [-0.15, -0.1) is 0 Å². The zero-order valence-corrected chi connectivity index (χ0v) is 15.9. The van der Waals surface area contributed by atoms with Gasteiger partial charge in [0.2, 0.25) is 23.6 Å². The summed E-state index contributed by atoms with van der Waals surface area (Å²) in [6.07, 6.45) is 1.41. The number of aliphatic carboxylic acids is 1. The van der Waals surface area contributed by atoms with E-state index in [0.717, 1.165) is 0 Å². The van der Waals surface area contributed by atoms with Crippen molar-refractivity contribution in [3.05, 3.63) is 0 Å². The Kier molecular flexibility index (Phi) is 12.1. The van der Waals surface area contributed by atoms with Crippen LogP contribution in [0.2, 0.25) is 0 Å². The molecule has 0 aliphatic heterocycles. The lowest BCUT2D eigenvalue weighted by Gasteiger charge is -2.20. The van der Waals surface area contributed by atoms with Gasteiger partial charge in [0.25, 0.3) is 0 Å². The van der Waals surface area contributed by atoms with Crippen molar-refractivity contribution in [1.82, 2.24) is 16.0 Å². The molecule has 0 rings (SSSR count). The van der Waals surface area contributed by atoms with Crippen LogP contribution in [0.25, 0.3) is 0 Å². The molecule has 12 nitrogen and oxygen atoms in total. The van der Waals surface area contributed by atoms with Crippen molar-refractivity contribution in [3.8, 4) is 0 Å². The number of nitrogens with two attached hydrogens (primary N) is 3. The highest BCUT2D eigenvalue weighted by atomic mass is 16.4.